The van der Waals surface area contributed by atoms with Gasteiger partial charge in [0.1, 0.15) is 10.5 Å². The molecule has 0 spiro atoms. The maximum absolute atomic E-state index is 13.4. The number of hydrogen-bond donors (Lipinski definition) is 2. The molecule has 61 heavy (non-hydrogen) atoms. The minimum atomic E-state index is -0.839. The number of fused-ring (bicyclic) bond motifs is 2. The molecule has 0 unspecified atom stereocenters. The fraction of sp³-hybridized carbons (Fsp3) is 0.149. The zero-order valence-electron chi connectivity index (χ0n) is 33.1. The van der Waals surface area contributed by atoms with E-state index in [9.17, 15) is 28.8 Å². The number of nitrogens with zero attached hydrogens (tertiary/aromatic N) is 4. The molecule has 3 aromatic heterocycles. The van der Waals surface area contributed by atoms with E-state index >= 15 is 0 Å². The summed E-state index contributed by atoms with van der Waals surface area (Å²) in [5, 5.41) is 14.6. The van der Waals surface area contributed by atoms with Crippen LogP contribution >= 0.6 is 11.3 Å². The molecular formula is C47H38N6O7S. The van der Waals surface area contributed by atoms with E-state index in [0.717, 1.165) is 44.7 Å². The van der Waals surface area contributed by atoms with Crippen molar-refractivity contribution in [3.8, 4) is 0 Å². The Morgan fingerprint density at radius 2 is 1.15 bits per heavy atom. The lowest BCUT2D eigenvalue weighted by Crippen LogP contribution is -2.30. The van der Waals surface area contributed by atoms with E-state index in [4.69, 9.17) is 4.74 Å². The molecule has 0 fully saturated rings. The van der Waals surface area contributed by atoms with Crippen LogP contribution in [0.25, 0.3) is 4.83 Å². The van der Waals surface area contributed by atoms with Gasteiger partial charge in [0.2, 0.25) is 5.01 Å². The molecular weight excluding hydrogens is 793 g/mol. The fourth-order valence-corrected chi connectivity index (χ4v) is 7.93. The Morgan fingerprint density at radius 1 is 0.639 bits per heavy atom. The number of aromatic nitrogens is 3. The average molecular weight is 831 g/mol. The molecule has 2 amide bonds. The molecule has 0 saturated carbocycles. The summed E-state index contributed by atoms with van der Waals surface area (Å²) >= 11 is 1.15. The third-order valence-electron chi connectivity index (χ3n) is 10.3. The summed E-state index contributed by atoms with van der Waals surface area (Å²) in [6.07, 6.45) is 0.741. The number of amides is 2. The van der Waals surface area contributed by atoms with Gasteiger partial charge >= 0.3 is 11.9 Å². The van der Waals surface area contributed by atoms with Crippen molar-refractivity contribution in [3.63, 3.8) is 0 Å². The van der Waals surface area contributed by atoms with Gasteiger partial charge in [-0.3, -0.25) is 19.2 Å². The van der Waals surface area contributed by atoms with Crippen molar-refractivity contribution in [1.82, 2.24) is 24.9 Å². The lowest BCUT2D eigenvalue weighted by atomic mass is 10.0. The number of benzene rings is 4. The highest BCUT2D eigenvalue weighted by Crippen LogP contribution is 2.21. The molecule has 0 bridgehead atoms. The predicted octanol–water partition coefficient (Wildman–Crippen LogP) is 5.72. The topological polar surface area (TPSA) is 170 Å². The van der Waals surface area contributed by atoms with E-state index in [1.54, 1.807) is 36.4 Å². The number of ether oxygens (including phenoxy) is 1. The second-order valence-corrected chi connectivity index (χ2v) is 15.7. The first-order chi connectivity index (χ1) is 29.5. The van der Waals surface area contributed by atoms with E-state index in [2.05, 4.69) is 20.8 Å². The van der Waals surface area contributed by atoms with Crippen LogP contribution < -0.4 is 21.8 Å². The Bertz CT molecular complexity index is 2990. The van der Waals surface area contributed by atoms with E-state index in [0.29, 0.717) is 34.7 Å². The fourth-order valence-electron chi connectivity index (χ4n) is 7.03. The number of hydrogen-bond acceptors (Lipinski definition) is 10. The van der Waals surface area contributed by atoms with E-state index in [1.807, 2.05) is 74.5 Å². The summed E-state index contributed by atoms with van der Waals surface area (Å²) in [4.78, 5) is 79.1. The molecule has 1 aliphatic heterocycles. The van der Waals surface area contributed by atoms with Gasteiger partial charge in [0.15, 0.2) is 0 Å². The minimum absolute atomic E-state index is 0.148. The van der Waals surface area contributed by atoms with Crippen LogP contribution in [0.15, 0.2) is 136 Å². The van der Waals surface area contributed by atoms with Crippen molar-refractivity contribution >= 4 is 45.6 Å². The molecule has 1 aliphatic rings. The third-order valence-corrected chi connectivity index (χ3v) is 11.4. The summed E-state index contributed by atoms with van der Waals surface area (Å²) in [5.74, 6) is -2.38. The molecule has 304 valence electrons. The van der Waals surface area contributed by atoms with Gasteiger partial charge < -0.3 is 15.4 Å². The van der Waals surface area contributed by atoms with Gasteiger partial charge in [-0.25, -0.2) is 9.59 Å². The van der Waals surface area contributed by atoms with Crippen molar-refractivity contribution in [2.24, 2.45) is 5.10 Å². The van der Waals surface area contributed by atoms with Crippen LogP contribution in [0.5, 0.6) is 0 Å². The highest BCUT2D eigenvalue weighted by atomic mass is 32.1. The van der Waals surface area contributed by atoms with Gasteiger partial charge in [0.25, 0.3) is 22.9 Å². The maximum Gasteiger partial charge on any atom is 0.346 e. The van der Waals surface area contributed by atoms with Crippen LogP contribution in [-0.4, -0.2) is 43.8 Å². The lowest BCUT2D eigenvalue weighted by molar-refractivity contribution is -0.115. The van der Waals surface area contributed by atoms with Gasteiger partial charge in [-0.1, -0.05) is 96.3 Å². The number of esters is 2. The van der Waals surface area contributed by atoms with Gasteiger partial charge in [-0.05, 0) is 83.6 Å². The lowest BCUT2D eigenvalue weighted by Gasteiger charge is -2.09. The second-order valence-electron chi connectivity index (χ2n) is 14.7. The Hall–Kier alpha value is -7.58. The monoisotopic (exact) mass is 830 g/mol. The number of aryl methyl sites for hydroxylation is 2. The number of carbonyl (C=O) groups excluding carboxylic acids is 4. The average Bonchev–Trinajstić information content (AvgIpc) is 3.95. The van der Waals surface area contributed by atoms with Crippen molar-refractivity contribution in [1.29, 1.82) is 0 Å². The van der Waals surface area contributed by atoms with Crippen LogP contribution in [0.4, 0.5) is 0 Å². The zero-order valence-corrected chi connectivity index (χ0v) is 34.0. The van der Waals surface area contributed by atoms with Crippen molar-refractivity contribution < 1.29 is 23.9 Å². The Balaban J connectivity index is 0.869. The first kappa shape index (κ1) is 40.2. The minimum Gasteiger partial charge on any atom is -0.386 e. The smallest absolute Gasteiger partial charge is 0.346 e. The standard InChI is InChI=1S/C47H38N6O7S/c1-28-21-36(43(56)52-39(28)25-38(50-52)40(54)48-26-32-9-5-3-6-10-32)23-30-13-17-34(18-14-30)46(58)60-47(59)35-19-15-31(16-20-35)24-37-22-29(2)45-53(44(37)57)51-42(61-45)41(55)49-27-33-11-7-4-8-12-33/h3-22H,23-27H2,1-2H3,(H,48,54)(H,49,55). The number of carbonyl (C=O) groups is 4. The van der Waals surface area contributed by atoms with E-state index < -0.39 is 11.9 Å². The molecule has 4 heterocycles. The Labute approximate surface area is 353 Å². The predicted molar refractivity (Wildman–Crippen MR) is 230 cm³/mol. The summed E-state index contributed by atoms with van der Waals surface area (Å²) in [7, 11) is 0. The number of rotatable bonds is 12. The molecule has 0 atom stereocenters. The van der Waals surface area contributed by atoms with Gasteiger partial charge in [0.05, 0.1) is 16.8 Å². The van der Waals surface area contributed by atoms with Crippen molar-refractivity contribution in [2.75, 3.05) is 0 Å². The van der Waals surface area contributed by atoms with Gasteiger partial charge in [-0.2, -0.15) is 14.3 Å². The first-order valence-electron chi connectivity index (χ1n) is 19.4. The molecule has 7 aromatic rings. The van der Waals surface area contributed by atoms with Crippen LogP contribution in [0, 0.1) is 13.8 Å². The number of nitrogens with one attached hydrogen (secondary N) is 2. The van der Waals surface area contributed by atoms with Crippen LogP contribution in [-0.2, 0) is 41.9 Å². The number of pyridine rings is 2. The van der Waals surface area contributed by atoms with Crippen LogP contribution in [0.1, 0.15) is 80.7 Å². The summed E-state index contributed by atoms with van der Waals surface area (Å²) in [5.41, 5.74) is 6.47. The van der Waals surface area contributed by atoms with Crippen LogP contribution in [0.3, 0.4) is 0 Å². The van der Waals surface area contributed by atoms with E-state index in [-0.39, 0.29) is 64.0 Å². The van der Waals surface area contributed by atoms with Crippen molar-refractivity contribution in [2.45, 2.75) is 46.2 Å². The molecule has 0 aliphatic carbocycles. The highest BCUT2D eigenvalue weighted by molar-refractivity contribution is 7.19. The maximum atomic E-state index is 13.4. The Kier molecular flexibility index (Phi) is 11.4. The highest BCUT2D eigenvalue weighted by Gasteiger charge is 2.25. The second kappa shape index (κ2) is 17.3. The SMILES string of the molecule is Cc1cc(Cc2ccc(C(=O)OC(=O)c3ccc(Cc4cc(C)c5sc(C(=O)NCc6ccccc6)nn5c4=O)cc3)cc2)c(=O)n2c1CC(C(=O)NCc1ccccc1)=N2. The van der Waals surface area contributed by atoms with E-state index in [1.165, 1.54) is 33.5 Å². The van der Waals surface area contributed by atoms with Gasteiger partial charge in [0, 0.05) is 43.5 Å². The van der Waals surface area contributed by atoms with Crippen LogP contribution in [0.2, 0.25) is 0 Å². The largest absolute Gasteiger partial charge is 0.386 e. The summed E-state index contributed by atoms with van der Waals surface area (Å²) < 4.78 is 7.72. The molecule has 14 heteroatoms. The van der Waals surface area contributed by atoms with Gasteiger partial charge in [-0.15, -0.1) is 5.10 Å². The molecule has 4 aromatic carbocycles. The first-order valence-corrected chi connectivity index (χ1v) is 20.3. The third kappa shape index (κ3) is 8.89. The normalized spacial score (nSPS) is 11.8. The summed E-state index contributed by atoms with van der Waals surface area (Å²) in [6, 6.07) is 35.4. The summed E-state index contributed by atoms with van der Waals surface area (Å²) in [6.45, 7) is 4.40. The zero-order chi connectivity index (χ0) is 42.6. The van der Waals surface area contributed by atoms with Crippen molar-refractivity contribution in [3.05, 3.63) is 208 Å². The Morgan fingerprint density at radius 3 is 1.70 bits per heavy atom. The molecule has 2 N–H and O–H groups in total. The molecule has 0 saturated heterocycles. The quantitative estimate of drug-likeness (QED) is 0.116. The molecule has 8 rings (SSSR count). The molecule has 13 nitrogen and oxygen atoms in total. The molecule has 0 radical (unpaired) electrons.